The van der Waals surface area contributed by atoms with Crippen molar-refractivity contribution < 1.29 is 103 Å². The van der Waals surface area contributed by atoms with Crippen molar-refractivity contribution >= 4 is 112 Å². The van der Waals surface area contributed by atoms with Crippen molar-refractivity contribution in [1.82, 2.24) is 39.9 Å². The molecule has 5 heterocycles. The summed E-state index contributed by atoms with van der Waals surface area (Å²) in [6.07, 6.45) is 0. The van der Waals surface area contributed by atoms with Crippen LogP contribution in [0.2, 0.25) is 0 Å². The zero-order chi connectivity index (χ0) is 54.1. The van der Waals surface area contributed by atoms with E-state index in [1.807, 2.05) is 0 Å². The molecule has 0 aliphatic carbocycles. The van der Waals surface area contributed by atoms with Crippen LogP contribution in [0.4, 0.5) is 0 Å². The third-order valence-electron chi connectivity index (χ3n) is 11.3. The van der Waals surface area contributed by atoms with Crippen molar-refractivity contribution in [2.24, 2.45) is 0 Å². The van der Waals surface area contributed by atoms with Gasteiger partial charge in [-0.2, -0.15) is 0 Å². The molecule has 7 aromatic rings. The van der Waals surface area contributed by atoms with E-state index in [9.17, 15) is 90.8 Å². The topological polar surface area (TPSA) is 533 Å². The minimum absolute atomic E-state index is 0.0214. The fourth-order valence-electron chi connectivity index (χ4n) is 8.13. The van der Waals surface area contributed by atoms with Crippen LogP contribution in [0.15, 0.2) is 91.0 Å². The zero-order valence-corrected chi connectivity index (χ0v) is 42.0. The van der Waals surface area contributed by atoms with Crippen molar-refractivity contribution in [3.63, 3.8) is 0 Å². The quantitative estimate of drug-likeness (QED) is 0.0690. The van der Waals surface area contributed by atoms with Crippen molar-refractivity contribution in [3.05, 3.63) is 91.0 Å². The minimum atomic E-state index is -17.5. The van der Waals surface area contributed by atoms with Crippen LogP contribution in [-0.4, -0.2) is 139 Å². The van der Waals surface area contributed by atoms with Crippen molar-refractivity contribution in [3.8, 4) is 51.3 Å². The molecule has 9 rings (SSSR count). The molecule has 0 unspecified atom stereocenters. The molecule has 0 spiro atoms. The second kappa shape index (κ2) is 13.2. The Labute approximate surface area is 394 Å². The molecule has 32 nitrogen and oxygen atoms in total. The average molecular weight is 1220 g/mol. The molecule has 0 radical (unpaired) electrons. The number of H-pyrrole nitrogens is 2. The van der Waals surface area contributed by atoms with Crippen LogP contribution in [-0.2, 0) is 67.9 Å². The fraction of sp³-hybridized carbons (Fsp3) is 0. The van der Waals surface area contributed by atoms with Gasteiger partial charge in [-0.15, -0.1) is 0 Å². The summed E-state index contributed by atoms with van der Waals surface area (Å²) in [4.78, 5) is 32.3. The second-order valence-electron chi connectivity index (χ2n) is 14.4. The zero-order valence-electron chi connectivity index (χ0n) is 34.5. The van der Waals surface area contributed by atoms with E-state index >= 15 is 8.42 Å². The summed E-state index contributed by atoms with van der Waals surface area (Å²) < 4.78 is 290. The predicted octanol–water partition coefficient (Wildman–Crippen LogP) is 1.41. The molecule has 9 N–H and O–H groups in total. The van der Waals surface area contributed by atoms with Gasteiger partial charge in [0.2, 0.25) is 0 Å². The van der Waals surface area contributed by atoms with Gasteiger partial charge in [0.25, 0.3) is 0 Å². The predicted molar refractivity (Wildman–Crippen MR) is 246 cm³/mol. The molecule has 2 aliphatic rings. The first kappa shape index (κ1) is 51.8. The van der Waals surface area contributed by atoms with E-state index in [-0.39, 0.29) is 57.1 Å². The van der Waals surface area contributed by atoms with Crippen molar-refractivity contribution in [1.29, 1.82) is 0 Å². The number of nitrogens with one attached hydrogen (secondary N) is 2. The van der Waals surface area contributed by atoms with Gasteiger partial charge in [0, 0.05) is 5.39 Å². The van der Waals surface area contributed by atoms with Crippen LogP contribution in [0.1, 0.15) is 0 Å². The maximum atomic E-state index is 15.4. The molecule has 0 atom stereocenters. The standard InChI is InChI=1S/C32H17N8O3S.Cu.7HO3S/c41-44(42)43-23-15-7-14-22-24(23)32-39-30-21-13-6-5-12-20(21)28(37-30)35-26-17-9-2-1-8-16(17)25(33-26)34-27-18-10-3-4-11-19(18)29(36-27)38-31(22)40-32;;7*1-4(2)3/h1-15H,(H2,33,34,35,36,37,38,39,40);;7*(H,1,2,3). The summed E-state index contributed by atoms with van der Waals surface area (Å²) in [6.45, 7) is 0. The maximum absolute atomic E-state index is 17.5. The van der Waals surface area contributed by atoms with Crippen LogP contribution >= 0.6 is 0 Å². The van der Waals surface area contributed by atoms with Gasteiger partial charge >= 0.3 is 368 Å². The van der Waals surface area contributed by atoms with Crippen LogP contribution in [0.5, 0.6) is 5.75 Å². The SMILES string of the molecule is O=[S](=O)(O)[Cu]([S](=O)(=O)O)([S](=O)(=O)O)([S](=O)(=O)O)([S](=O)(=O)O)([S](=O)(=O)O)([S](=O)(=O)O)[S](=O)(=O)Oc1cccc2c3nc4nc(nc5[nH]c(nc6nc(nc([nH]3)c12)-c1ccccc1-6)c1ccccc51)-c1ccccc1-4. The van der Waals surface area contributed by atoms with E-state index in [2.05, 4.69) is 44.1 Å². The van der Waals surface area contributed by atoms with E-state index in [1.165, 1.54) is 42.5 Å². The first-order valence-electron chi connectivity index (χ1n) is 18.2. The number of aromatic amines is 2. The molecule has 0 saturated heterocycles. The molecule has 0 amide bonds. The molecule has 0 saturated carbocycles. The number of nitrogens with zero attached hydrogens (tertiary/aromatic N) is 6. The van der Waals surface area contributed by atoms with Crippen molar-refractivity contribution in [2.75, 3.05) is 0 Å². The van der Waals surface area contributed by atoms with E-state index in [1.54, 1.807) is 30.3 Å². The first-order valence-corrected chi connectivity index (χ1v) is 37.6. The third kappa shape index (κ3) is 3.48. The Morgan fingerprint density at radius 3 is 0.945 bits per heavy atom. The van der Waals surface area contributed by atoms with Gasteiger partial charge in [-0.1, -0.05) is 24.3 Å². The van der Waals surface area contributed by atoms with E-state index in [0.29, 0.717) is 16.8 Å². The van der Waals surface area contributed by atoms with Gasteiger partial charge in [0.1, 0.15) is 0 Å². The van der Waals surface area contributed by atoms with Gasteiger partial charge in [-0.3, -0.25) is 0 Å². The molecule has 73 heavy (non-hydrogen) atoms. The molecule has 3 aromatic heterocycles. The Bertz CT molecular complexity index is 4670. The second-order valence-corrected chi connectivity index (χ2v) is 82.9. The summed E-state index contributed by atoms with van der Waals surface area (Å²) >= 11 is 0. The third-order valence-corrected chi connectivity index (χ3v) is 140. The van der Waals surface area contributed by atoms with Gasteiger partial charge < -0.3 is 0 Å². The van der Waals surface area contributed by atoms with Crippen molar-refractivity contribution in [2.45, 2.75) is 0 Å². The van der Waals surface area contributed by atoms with Gasteiger partial charge in [-0.25, -0.2) is 0 Å². The number of rotatable bonds is 10. The van der Waals surface area contributed by atoms with Crippen LogP contribution in [0.25, 0.3) is 89.7 Å². The average Bonchev–Trinajstić information content (AvgIpc) is 3.97. The number of benzene rings is 4. The number of aromatic nitrogens is 8. The Morgan fingerprint density at radius 2 is 0.616 bits per heavy atom. The fourth-order valence-corrected chi connectivity index (χ4v) is 91.8. The Balaban J connectivity index is 1.62. The van der Waals surface area contributed by atoms with Gasteiger partial charge in [-0.05, 0) is 0 Å². The summed E-state index contributed by atoms with van der Waals surface area (Å²) in [5.41, 5.74) is -1.12. The summed E-state index contributed by atoms with van der Waals surface area (Å²) in [6, 6.07) is 19.3. The normalized spacial score (nSPS) is 16.3. The first-order chi connectivity index (χ1) is 33.3. The van der Waals surface area contributed by atoms with Crippen LogP contribution < -0.4 is 4.18 Å². The van der Waals surface area contributed by atoms with E-state index in [0.717, 1.165) is 6.07 Å². The number of fused-ring (bicyclic) bond motifs is 20. The molecule has 395 valence electrons. The van der Waals surface area contributed by atoms with E-state index in [4.69, 9.17) is 0 Å². The summed E-state index contributed by atoms with van der Waals surface area (Å²) in [5, 5.41) is -1.42. The molecular formula is C32H24CuN8O24S8. The Hall–Kier alpha value is -6.12. The summed E-state index contributed by atoms with van der Waals surface area (Å²) in [7, 11) is -89.0. The number of hydrogen-bond acceptors (Lipinski definition) is 23. The monoisotopic (exact) mass is 1220 g/mol. The molecule has 8 bridgehead atoms. The van der Waals surface area contributed by atoms with Crippen LogP contribution in [0, 0.1) is 0 Å². The Morgan fingerprint density at radius 1 is 0.342 bits per heavy atom. The van der Waals surface area contributed by atoms with E-state index < -0.39 is 102 Å². The molecule has 4 aromatic carbocycles. The number of hydrogen-bond donors (Lipinski definition) is 9. The van der Waals surface area contributed by atoms with Gasteiger partial charge in [0.15, 0.2) is 0 Å². The molecule has 0 fully saturated rings. The van der Waals surface area contributed by atoms with Gasteiger partial charge in [0.05, 0.1) is 0 Å². The molecule has 41 heteroatoms. The Kier molecular flexibility index (Phi) is 9.37. The molecular weight excluding hydrogens is 1200 g/mol. The van der Waals surface area contributed by atoms with Crippen LogP contribution in [0.3, 0.4) is 0 Å². The molecule has 2 aliphatic heterocycles. The summed E-state index contributed by atoms with van der Waals surface area (Å²) in [5.74, 6) is -3.68.